The Hall–Kier alpha value is -1.69. The van der Waals surface area contributed by atoms with Crippen LogP contribution in [0.4, 0.5) is 5.82 Å². The third-order valence-electron chi connectivity index (χ3n) is 2.16. The molecular formula is C12H15N5S. The summed E-state index contributed by atoms with van der Waals surface area (Å²) in [5.74, 6) is 1.68. The molecule has 0 aromatic carbocycles. The number of aryl methyl sites for hydroxylation is 1. The molecule has 0 spiro atoms. The van der Waals surface area contributed by atoms with Gasteiger partial charge in [-0.3, -0.25) is 0 Å². The Labute approximate surface area is 110 Å². The summed E-state index contributed by atoms with van der Waals surface area (Å²) in [5, 5.41) is 4.76. The van der Waals surface area contributed by atoms with Crippen molar-refractivity contribution in [2.45, 2.75) is 30.5 Å². The molecule has 2 heterocycles. The zero-order chi connectivity index (χ0) is 12.8. The van der Waals surface area contributed by atoms with Gasteiger partial charge in [0.05, 0.1) is 0 Å². The molecule has 0 unspecified atom stereocenters. The molecule has 94 valence electrons. The van der Waals surface area contributed by atoms with Crippen molar-refractivity contribution in [1.29, 1.82) is 0 Å². The number of nitrogens with one attached hydrogen (secondary N) is 1. The standard InChI is InChI=1S/C12H15N5S/c1-3-9-16-10(13-4-2)8-11(17-9)18-12-14-6-5-7-15-12/h5-8H,3-4H2,1-2H3,(H,13,16,17). The number of rotatable bonds is 5. The van der Waals surface area contributed by atoms with Gasteiger partial charge in [-0.05, 0) is 24.8 Å². The minimum Gasteiger partial charge on any atom is -0.370 e. The molecule has 0 bridgehead atoms. The van der Waals surface area contributed by atoms with E-state index in [1.165, 1.54) is 11.8 Å². The van der Waals surface area contributed by atoms with Crippen molar-refractivity contribution in [3.05, 3.63) is 30.4 Å². The Morgan fingerprint density at radius 2 is 1.94 bits per heavy atom. The van der Waals surface area contributed by atoms with E-state index in [1.54, 1.807) is 18.5 Å². The van der Waals surface area contributed by atoms with Crippen LogP contribution in [0.5, 0.6) is 0 Å². The zero-order valence-corrected chi connectivity index (χ0v) is 11.2. The minimum atomic E-state index is 0.695. The van der Waals surface area contributed by atoms with Crippen LogP contribution in [0.15, 0.2) is 34.7 Å². The summed E-state index contributed by atoms with van der Waals surface area (Å²) < 4.78 is 0. The summed E-state index contributed by atoms with van der Waals surface area (Å²) in [5.41, 5.74) is 0. The van der Waals surface area contributed by atoms with Gasteiger partial charge in [0.15, 0.2) is 5.16 Å². The van der Waals surface area contributed by atoms with Crippen molar-refractivity contribution >= 4 is 17.6 Å². The van der Waals surface area contributed by atoms with Gasteiger partial charge in [-0.25, -0.2) is 19.9 Å². The molecule has 0 aliphatic heterocycles. The Kier molecular flexibility index (Phi) is 4.46. The van der Waals surface area contributed by atoms with Gasteiger partial charge in [-0.15, -0.1) is 0 Å². The molecule has 0 fully saturated rings. The van der Waals surface area contributed by atoms with Gasteiger partial charge >= 0.3 is 0 Å². The van der Waals surface area contributed by atoms with Crippen molar-refractivity contribution < 1.29 is 0 Å². The van der Waals surface area contributed by atoms with Gasteiger partial charge in [0.2, 0.25) is 0 Å². The van der Waals surface area contributed by atoms with Crippen molar-refractivity contribution in [1.82, 2.24) is 19.9 Å². The Balaban J connectivity index is 2.24. The quantitative estimate of drug-likeness (QED) is 0.658. The van der Waals surface area contributed by atoms with Crippen LogP contribution >= 0.6 is 11.8 Å². The predicted octanol–water partition coefficient (Wildman–Crippen LogP) is 2.41. The molecule has 0 atom stereocenters. The van der Waals surface area contributed by atoms with Crippen LogP contribution in [0.2, 0.25) is 0 Å². The maximum Gasteiger partial charge on any atom is 0.193 e. The molecule has 1 N–H and O–H groups in total. The van der Waals surface area contributed by atoms with E-state index in [4.69, 9.17) is 0 Å². The fourth-order valence-electron chi connectivity index (χ4n) is 1.39. The van der Waals surface area contributed by atoms with E-state index < -0.39 is 0 Å². The molecule has 6 heteroatoms. The number of hydrogen-bond acceptors (Lipinski definition) is 6. The van der Waals surface area contributed by atoms with E-state index in [-0.39, 0.29) is 0 Å². The minimum absolute atomic E-state index is 0.695. The summed E-state index contributed by atoms with van der Waals surface area (Å²) >= 11 is 1.44. The lowest BCUT2D eigenvalue weighted by atomic mass is 10.4. The maximum absolute atomic E-state index is 4.46. The molecule has 2 aromatic rings. The van der Waals surface area contributed by atoms with Crippen LogP contribution in [0.1, 0.15) is 19.7 Å². The summed E-state index contributed by atoms with van der Waals surface area (Å²) in [6, 6.07) is 3.72. The largest absolute Gasteiger partial charge is 0.370 e. The Morgan fingerprint density at radius 3 is 2.61 bits per heavy atom. The lowest BCUT2D eigenvalue weighted by Gasteiger charge is -2.06. The van der Waals surface area contributed by atoms with Gasteiger partial charge in [-0.2, -0.15) is 0 Å². The van der Waals surface area contributed by atoms with Crippen LogP contribution in [-0.2, 0) is 6.42 Å². The Bertz CT molecular complexity index is 503. The maximum atomic E-state index is 4.46. The van der Waals surface area contributed by atoms with Crippen LogP contribution in [-0.4, -0.2) is 26.5 Å². The van der Waals surface area contributed by atoms with Crippen molar-refractivity contribution in [2.75, 3.05) is 11.9 Å². The second kappa shape index (κ2) is 6.30. The summed E-state index contributed by atoms with van der Waals surface area (Å²) in [7, 11) is 0. The third kappa shape index (κ3) is 3.40. The molecule has 0 aliphatic carbocycles. The molecule has 0 saturated carbocycles. The SMILES string of the molecule is CCNc1cc(Sc2ncccn2)nc(CC)n1. The zero-order valence-electron chi connectivity index (χ0n) is 10.4. The normalized spacial score (nSPS) is 10.3. The van der Waals surface area contributed by atoms with E-state index in [1.807, 2.05) is 19.9 Å². The highest BCUT2D eigenvalue weighted by Gasteiger charge is 2.06. The van der Waals surface area contributed by atoms with E-state index in [9.17, 15) is 0 Å². The average molecular weight is 261 g/mol. The molecule has 5 nitrogen and oxygen atoms in total. The van der Waals surface area contributed by atoms with Crippen molar-refractivity contribution in [3.8, 4) is 0 Å². The lowest BCUT2D eigenvalue weighted by molar-refractivity contribution is 0.881. The Morgan fingerprint density at radius 1 is 1.17 bits per heavy atom. The molecule has 0 amide bonds. The van der Waals surface area contributed by atoms with Crippen LogP contribution in [0, 0.1) is 0 Å². The van der Waals surface area contributed by atoms with Crippen LogP contribution in [0.3, 0.4) is 0 Å². The van der Waals surface area contributed by atoms with E-state index in [2.05, 4.69) is 25.3 Å². The second-order valence-corrected chi connectivity index (χ2v) is 4.51. The first-order valence-electron chi connectivity index (χ1n) is 5.88. The molecule has 0 aliphatic rings. The highest BCUT2D eigenvalue weighted by Crippen LogP contribution is 2.24. The first kappa shape index (κ1) is 12.8. The molecule has 18 heavy (non-hydrogen) atoms. The van der Waals surface area contributed by atoms with Crippen molar-refractivity contribution in [2.24, 2.45) is 0 Å². The van der Waals surface area contributed by atoms with Gasteiger partial charge in [0, 0.05) is 31.4 Å². The topological polar surface area (TPSA) is 63.6 Å². The average Bonchev–Trinajstić information content (AvgIpc) is 2.40. The molecule has 2 aromatic heterocycles. The van der Waals surface area contributed by atoms with Crippen LogP contribution < -0.4 is 5.32 Å². The number of nitrogens with zero attached hydrogens (tertiary/aromatic N) is 4. The molecular weight excluding hydrogens is 246 g/mol. The predicted molar refractivity (Wildman–Crippen MR) is 71.7 cm³/mol. The monoisotopic (exact) mass is 261 g/mol. The summed E-state index contributed by atoms with van der Waals surface area (Å²) in [6.45, 7) is 4.92. The third-order valence-corrected chi connectivity index (χ3v) is 2.97. The van der Waals surface area contributed by atoms with Gasteiger partial charge < -0.3 is 5.32 Å². The van der Waals surface area contributed by atoms with Gasteiger partial charge in [0.1, 0.15) is 16.7 Å². The van der Waals surface area contributed by atoms with E-state index in [0.29, 0.717) is 5.16 Å². The summed E-state index contributed by atoms with van der Waals surface area (Å²) in [4.78, 5) is 17.2. The molecule has 0 radical (unpaired) electrons. The molecule has 2 rings (SSSR count). The summed E-state index contributed by atoms with van der Waals surface area (Å²) in [6.07, 6.45) is 4.26. The number of hydrogen-bond donors (Lipinski definition) is 1. The van der Waals surface area contributed by atoms with E-state index >= 15 is 0 Å². The fraction of sp³-hybridized carbons (Fsp3) is 0.333. The van der Waals surface area contributed by atoms with E-state index in [0.717, 1.165) is 29.6 Å². The first-order valence-corrected chi connectivity index (χ1v) is 6.70. The molecule has 0 saturated heterocycles. The number of aromatic nitrogens is 4. The fourth-order valence-corrected chi connectivity index (χ4v) is 2.12. The van der Waals surface area contributed by atoms with Crippen molar-refractivity contribution in [3.63, 3.8) is 0 Å². The highest BCUT2D eigenvalue weighted by atomic mass is 32.2. The van der Waals surface area contributed by atoms with Crippen LogP contribution in [0.25, 0.3) is 0 Å². The number of anilines is 1. The highest BCUT2D eigenvalue weighted by molar-refractivity contribution is 7.99. The second-order valence-electron chi connectivity index (χ2n) is 3.52. The van der Waals surface area contributed by atoms with Gasteiger partial charge in [0.25, 0.3) is 0 Å². The lowest BCUT2D eigenvalue weighted by Crippen LogP contribution is -2.03. The van der Waals surface area contributed by atoms with Gasteiger partial charge in [-0.1, -0.05) is 6.92 Å². The smallest absolute Gasteiger partial charge is 0.193 e. The first-order chi connectivity index (χ1) is 8.81.